The highest BCUT2D eigenvalue weighted by atomic mass is 19.1. The molecule has 132 valence electrons. The third-order valence-electron chi connectivity index (χ3n) is 3.65. The summed E-state index contributed by atoms with van der Waals surface area (Å²) in [5.74, 6) is 1.13. The van der Waals surface area contributed by atoms with Crippen LogP contribution in [0.5, 0.6) is 5.75 Å². The lowest BCUT2D eigenvalue weighted by atomic mass is 10.3. The molecule has 1 aliphatic rings. The second kappa shape index (κ2) is 8.39. The number of carbonyl (C=O) groups excluding carboxylic acids is 1. The standard InChI is InChI=1S/C17H19FN4O3/c18-13-1-3-14(4-2-13)25-12-17(23)20-11-15-19-6-5-16(21-15)22-7-9-24-10-8-22/h1-6H,7-12H2,(H,20,23). The average molecular weight is 346 g/mol. The van der Waals surface area contributed by atoms with Crippen molar-refractivity contribution >= 4 is 11.7 Å². The summed E-state index contributed by atoms with van der Waals surface area (Å²) >= 11 is 0. The summed E-state index contributed by atoms with van der Waals surface area (Å²) in [6.45, 7) is 2.98. The third kappa shape index (κ3) is 5.12. The number of anilines is 1. The van der Waals surface area contributed by atoms with Gasteiger partial charge in [0.2, 0.25) is 0 Å². The highest BCUT2D eigenvalue weighted by molar-refractivity contribution is 5.77. The summed E-state index contributed by atoms with van der Waals surface area (Å²) in [5.41, 5.74) is 0. The molecule has 7 nitrogen and oxygen atoms in total. The van der Waals surface area contributed by atoms with Crippen LogP contribution in [0.3, 0.4) is 0 Å². The average Bonchev–Trinajstić information content (AvgIpc) is 2.67. The Morgan fingerprint density at radius 3 is 2.76 bits per heavy atom. The normalized spacial score (nSPS) is 14.2. The van der Waals surface area contributed by atoms with Crippen molar-refractivity contribution in [2.24, 2.45) is 0 Å². The molecule has 25 heavy (non-hydrogen) atoms. The predicted octanol–water partition coefficient (Wildman–Crippen LogP) is 1.15. The van der Waals surface area contributed by atoms with Crippen LogP contribution in [0.1, 0.15) is 5.82 Å². The van der Waals surface area contributed by atoms with Gasteiger partial charge in [-0.2, -0.15) is 0 Å². The SMILES string of the molecule is O=C(COc1ccc(F)cc1)NCc1nccc(N2CCOCC2)n1. The fraction of sp³-hybridized carbons (Fsp3) is 0.353. The molecule has 1 fully saturated rings. The fourth-order valence-corrected chi connectivity index (χ4v) is 2.35. The van der Waals surface area contributed by atoms with Crippen molar-refractivity contribution in [2.75, 3.05) is 37.8 Å². The van der Waals surface area contributed by atoms with E-state index in [1.807, 2.05) is 6.07 Å². The van der Waals surface area contributed by atoms with Crippen LogP contribution in [0.2, 0.25) is 0 Å². The van der Waals surface area contributed by atoms with Gasteiger partial charge in [-0.25, -0.2) is 14.4 Å². The van der Waals surface area contributed by atoms with Gasteiger partial charge in [0.25, 0.3) is 5.91 Å². The van der Waals surface area contributed by atoms with E-state index in [4.69, 9.17) is 9.47 Å². The number of carbonyl (C=O) groups is 1. The van der Waals surface area contributed by atoms with E-state index in [1.54, 1.807) is 6.20 Å². The molecule has 3 rings (SSSR count). The quantitative estimate of drug-likeness (QED) is 0.846. The Labute approximate surface area is 144 Å². The van der Waals surface area contributed by atoms with Gasteiger partial charge in [0.1, 0.15) is 23.2 Å². The minimum atomic E-state index is -0.353. The number of benzene rings is 1. The van der Waals surface area contributed by atoms with Crippen LogP contribution in [0.15, 0.2) is 36.5 Å². The lowest BCUT2D eigenvalue weighted by molar-refractivity contribution is -0.123. The molecule has 1 aromatic carbocycles. The minimum absolute atomic E-state index is 0.158. The van der Waals surface area contributed by atoms with Gasteiger partial charge in [-0.15, -0.1) is 0 Å². The summed E-state index contributed by atoms with van der Waals surface area (Å²) in [6.07, 6.45) is 1.67. The summed E-state index contributed by atoms with van der Waals surface area (Å²) in [7, 11) is 0. The zero-order valence-corrected chi connectivity index (χ0v) is 13.7. The predicted molar refractivity (Wildman–Crippen MR) is 88.8 cm³/mol. The Hall–Kier alpha value is -2.74. The molecule has 2 heterocycles. The first-order valence-electron chi connectivity index (χ1n) is 8.00. The number of hydrogen-bond acceptors (Lipinski definition) is 6. The van der Waals surface area contributed by atoms with Gasteiger partial charge in [-0.05, 0) is 30.3 Å². The summed E-state index contributed by atoms with van der Waals surface area (Å²) < 4.78 is 23.4. The minimum Gasteiger partial charge on any atom is -0.484 e. The highest BCUT2D eigenvalue weighted by Crippen LogP contribution is 2.12. The number of aromatic nitrogens is 2. The van der Waals surface area contributed by atoms with Gasteiger partial charge in [0.05, 0.1) is 19.8 Å². The molecule has 0 radical (unpaired) electrons. The van der Waals surface area contributed by atoms with Crippen molar-refractivity contribution in [1.82, 2.24) is 15.3 Å². The van der Waals surface area contributed by atoms with Gasteiger partial charge in [-0.1, -0.05) is 0 Å². The van der Waals surface area contributed by atoms with Crippen LogP contribution in [-0.4, -0.2) is 48.8 Å². The van der Waals surface area contributed by atoms with Crippen molar-refractivity contribution < 1.29 is 18.7 Å². The molecule has 1 N–H and O–H groups in total. The Morgan fingerprint density at radius 2 is 2.00 bits per heavy atom. The Morgan fingerprint density at radius 1 is 1.24 bits per heavy atom. The number of hydrogen-bond donors (Lipinski definition) is 1. The first kappa shape index (κ1) is 17.1. The largest absolute Gasteiger partial charge is 0.484 e. The molecule has 1 aliphatic heterocycles. The fourth-order valence-electron chi connectivity index (χ4n) is 2.35. The maximum atomic E-state index is 12.8. The van der Waals surface area contributed by atoms with E-state index < -0.39 is 0 Å². The van der Waals surface area contributed by atoms with Gasteiger partial charge >= 0.3 is 0 Å². The topological polar surface area (TPSA) is 76.6 Å². The molecule has 8 heteroatoms. The number of halogens is 1. The van der Waals surface area contributed by atoms with Crippen LogP contribution in [0, 0.1) is 5.82 Å². The van der Waals surface area contributed by atoms with Crippen LogP contribution >= 0.6 is 0 Å². The maximum absolute atomic E-state index is 12.8. The number of nitrogens with zero attached hydrogens (tertiary/aromatic N) is 3. The molecule has 2 aromatic rings. The number of rotatable bonds is 6. The van der Waals surface area contributed by atoms with E-state index in [2.05, 4.69) is 20.2 Å². The first-order chi connectivity index (χ1) is 12.2. The molecule has 1 aromatic heterocycles. The van der Waals surface area contributed by atoms with E-state index in [1.165, 1.54) is 24.3 Å². The number of morpholine rings is 1. The molecule has 0 aliphatic carbocycles. The Balaban J connectivity index is 1.47. The molecule has 0 atom stereocenters. The van der Waals surface area contributed by atoms with Gasteiger partial charge in [0, 0.05) is 19.3 Å². The van der Waals surface area contributed by atoms with Crippen LogP contribution in [0.25, 0.3) is 0 Å². The summed E-state index contributed by atoms with van der Waals surface area (Å²) in [4.78, 5) is 22.6. The van der Waals surface area contributed by atoms with E-state index >= 15 is 0 Å². The second-order valence-electron chi connectivity index (χ2n) is 5.45. The zero-order valence-electron chi connectivity index (χ0n) is 13.7. The van der Waals surface area contributed by atoms with Crippen molar-refractivity contribution in [1.29, 1.82) is 0 Å². The van der Waals surface area contributed by atoms with E-state index in [-0.39, 0.29) is 24.9 Å². The first-order valence-corrected chi connectivity index (χ1v) is 8.00. The van der Waals surface area contributed by atoms with Gasteiger partial charge < -0.3 is 19.7 Å². The molecule has 0 bridgehead atoms. The molecule has 1 amide bonds. The number of nitrogens with one attached hydrogen (secondary N) is 1. The molecule has 0 unspecified atom stereocenters. The van der Waals surface area contributed by atoms with Crippen molar-refractivity contribution in [3.05, 3.63) is 48.2 Å². The summed E-state index contributed by atoms with van der Waals surface area (Å²) in [6, 6.07) is 7.33. The lowest BCUT2D eigenvalue weighted by Crippen LogP contribution is -2.37. The number of amides is 1. The molecule has 0 saturated carbocycles. The summed E-state index contributed by atoms with van der Waals surface area (Å²) in [5, 5.41) is 2.70. The van der Waals surface area contributed by atoms with Crippen molar-refractivity contribution in [3.8, 4) is 5.75 Å². The smallest absolute Gasteiger partial charge is 0.258 e. The molecular weight excluding hydrogens is 327 g/mol. The zero-order chi connectivity index (χ0) is 17.5. The van der Waals surface area contributed by atoms with E-state index in [9.17, 15) is 9.18 Å². The van der Waals surface area contributed by atoms with Crippen LogP contribution < -0.4 is 15.0 Å². The maximum Gasteiger partial charge on any atom is 0.258 e. The van der Waals surface area contributed by atoms with Crippen molar-refractivity contribution in [2.45, 2.75) is 6.54 Å². The number of ether oxygens (including phenoxy) is 2. The molecule has 0 spiro atoms. The van der Waals surface area contributed by atoms with Gasteiger partial charge in [0.15, 0.2) is 6.61 Å². The van der Waals surface area contributed by atoms with Crippen LogP contribution in [-0.2, 0) is 16.1 Å². The van der Waals surface area contributed by atoms with Crippen molar-refractivity contribution in [3.63, 3.8) is 0 Å². The van der Waals surface area contributed by atoms with Gasteiger partial charge in [-0.3, -0.25) is 4.79 Å². The third-order valence-corrected chi connectivity index (χ3v) is 3.65. The Kier molecular flexibility index (Phi) is 5.73. The molecular formula is C17H19FN4O3. The monoisotopic (exact) mass is 346 g/mol. The highest BCUT2D eigenvalue weighted by Gasteiger charge is 2.13. The second-order valence-corrected chi connectivity index (χ2v) is 5.45. The van der Waals surface area contributed by atoms with E-state index in [0.717, 1.165) is 18.9 Å². The molecule has 1 saturated heterocycles. The van der Waals surface area contributed by atoms with E-state index in [0.29, 0.717) is 24.8 Å². The lowest BCUT2D eigenvalue weighted by Gasteiger charge is -2.27. The Bertz CT molecular complexity index is 705. The van der Waals surface area contributed by atoms with Crippen LogP contribution in [0.4, 0.5) is 10.2 Å².